The van der Waals surface area contributed by atoms with Crippen LogP contribution in [-0.4, -0.2) is 0 Å². The first kappa shape index (κ1) is 10.4. The molecule has 1 heterocycles. The van der Waals surface area contributed by atoms with Gasteiger partial charge >= 0.3 is 0 Å². The summed E-state index contributed by atoms with van der Waals surface area (Å²) < 4.78 is 5.46. The first-order chi connectivity index (χ1) is 9.40. The van der Waals surface area contributed by atoms with E-state index in [0.29, 0.717) is 0 Å². The lowest BCUT2D eigenvalue weighted by Crippen LogP contribution is -1.78. The highest BCUT2D eigenvalue weighted by Gasteiger charge is 2.03. The third kappa shape index (κ3) is 1.71. The van der Waals surface area contributed by atoms with Crippen LogP contribution in [0.2, 0.25) is 0 Å². The predicted octanol–water partition coefficient (Wildman–Crippen LogP) is 5.25. The van der Waals surface area contributed by atoms with Gasteiger partial charge in [0.1, 0.15) is 5.76 Å². The Balaban J connectivity index is 2.00. The highest BCUT2D eigenvalue weighted by Crippen LogP contribution is 2.28. The van der Waals surface area contributed by atoms with Crippen molar-refractivity contribution >= 4 is 21.5 Å². The van der Waals surface area contributed by atoms with Crippen LogP contribution in [0.4, 0.5) is 0 Å². The third-order valence-electron chi connectivity index (χ3n) is 3.51. The molecule has 0 atom stereocenters. The Morgan fingerprint density at radius 1 is 0.579 bits per heavy atom. The Kier molecular flexibility index (Phi) is 2.18. The van der Waals surface area contributed by atoms with E-state index in [9.17, 15) is 0 Å². The lowest BCUT2D eigenvalue weighted by atomic mass is 10.0. The quantitative estimate of drug-likeness (QED) is 0.417. The van der Waals surface area contributed by atoms with Crippen LogP contribution in [-0.2, 0) is 0 Å². The second kappa shape index (κ2) is 3.99. The van der Waals surface area contributed by atoms with Gasteiger partial charge in [0, 0.05) is 5.56 Å². The molecule has 0 saturated carbocycles. The van der Waals surface area contributed by atoms with Crippen LogP contribution in [0.25, 0.3) is 32.9 Å². The normalized spacial score (nSPS) is 11.2. The Bertz CT molecular complexity index is 857. The summed E-state index contributed by atoms with van der Waals surface area (Å²) in [4.78, 5) is 0. The van der Waals surface area contributed by atoms with Crippen LogP contribution < -0.4 is 0 Å². The van der Waals surface area contributed by atoms with Gasteiger partial charge in [-0.15, -0.1) is 0 Å². The predicted molar refractivity (Wildman–Crippen MR) is 79.2 cm³/mol. The minimum absolute atomic E-state index is 0.912. The Morgan fingerprint density at radius 2 is 1.32 bits per heavy atom. The zero-order chi connectivity index (χ0) is 12.7. The van der Waals surface area contributed by atoms with Crippen molar-refractivity contribution < 1.29 is 4.42 Å². The maximum Gasteiger partial charge on any atom is 0.133 e. The largest absolute Gasteiger partial charge is 0.464 e. The van der Waals surface area contributed by atoms with Crippen LogP contribution in [0, 0.1) is 0 Å². The average Bonchev–Trinajstić information content (AvgIpc) is 2.98. The molecule has 0 aliphatic rings. The molecule has 4 rings (SSSR count). The van der Waals surface area contributed by atoms with Gasteiger partial charge in [-0.05, 0) is 51.9 Å². The zero-order valence-corrected chi connectivity index (χ0v) is 10.3. The topological polar surface area (TPSA) is 13.1 Å². The van der Waals surface area contributed by atoms with Gasteiger partial charge in [-0.2, -0.15) is 0 Å². The van der Waals surface area contributed by atoms with Gasteiger partial charge in [-0.3, -0.25) is 0 Å². The molecule has 90 valence electrons. The van der Waals surface area contributed by atoms with Crippen molar-refractivity contribution in [1.82, 2.24) is 0 Å². The van der Waals surface area contributed by atoms with Crippen LogP contribution in [0.1, 0.15) is 0 Å². The van der Waals surface area contributed by atoms with Crippen molar-refractivity contribution in [1.29, 1.82) is 0 Å². The fourth-order valence-electron chi connectivity index (χ4n) is 2.54. The fraction of sp³-hybridized carbons (Fsp3) is 0. The van der Waals surface area contributed by atoms with E-state index in [4.69, 9.17) is 4.42 Å². The summed E-state index contributed by atoms with van der Waals surface area (Å²) in [7, 11) is 0. The molecule has 0 aliphatic carbocycles. The van der Waals surface area contributed by atoms with E-state index in [2.05, 4.69) is 54.6 Å². The Morgan fingerprint density at radius 3 is 2.05 bits per heavy atom. The molecule has 0 saturated heterocycles. The van der Waals surface area contributed by atoms with Crippen LogP contribution in [0.3, 0.4) is 0 Å². The van der Waals surface area contributed by atoms with E-state index < -0.39 is 0 Å². The molecule has 19 heavy (non-hydrogen) atoms. The van der Waals surface area contributed by atoms with Crippen molar-refractivity contribution in [3.8, 4) is 11.3 Å². The molecule has 0 amide bonds. The van der Waals surface area contributed by atoms with E-state index in [-0.39, 0.29) is 0 Å². The van der Waals surface area contributed by atoms with E-state index >= 15 is 0 Å². The minimum Gasteiger partial charge on any atom is -0.464 e. The van der Waals surface area contributed by atoms with E-state index in [1.165, 1.54) is 21.5 Å². The molecule has 0 aliphatic heterocycles. The van der Waals surface area contributed by atoms with E-state index in [1.54, 1.807) is 6.26 Å². The molecule has 1 nitrogen and oxygen atoms in total. The number of rotatable bonds is 1. The molecule has 4 aromatic rings. The van der Waals surface area contributed by atoms with Crippen LogP contribution >= 0.6 is 0 Å². The highest BCUT2D eigenvalue weighted by atomic mass is 16.3. The second-order valence-electron chi connectivity index (χ2n) is 4.74. The van der Waals surface area contributed by atoms with Gasteiger partial charge in [-0.25, -0.2) is 0 Å². The summed E-state index contributed by atoms with van der Waals surface area (Å²) in [5.74, 6) is 0.912. The van der Waals surface area contributed by atoms with E-state index in [1.807, 2.05) is 12.1 Å². The summed E-state index contributed by atoms with van der Waals surface area (Å²) in [6.07, 6.45) is 1.71. The minimum atomic E-state index is 0.912. The molecule has 1 heteroatoms. The summed E-state index contributed by atoms with van der Waals surface area (Å²) >= 11 is 0. The van der Waals surface area contributed by atoms with E-state index in [0.717, 1.165) is 11.3 Å². The fourth-order valence-corrected chi connectivity index (χ4v) is 2.54. The van der Waals surface area contributed by atoms with Crippen molar-refractivity contribution in [2.24, 2.45) is 0 Å². The number of hydrogen-bond donors (Lipinski definition) is 0. The molecule has 1 aromatic heterocycles. The molecular weight excluding hydrogens is 232 g/mol. The Hall–Kier alpha value is -2.54. The molecule has 0 N–H and O–H groups in total. The molecule has 0 spiro atoms. The standard InChI is InChI=1S/C18H12O/c1-2-5-14-11-17-12-16(18-6-3-9-19-18)8-7-15(17)10-13(14)4-1/h1-12H. The molecule has 0 radical (unpaired) electrons. The first-order valence-electron chi connectivity index (χ1n) is 6.37. The molecule has 0 fully saturated rings. The van der Waals surface area contributed by atoms with Crippen molar-refractivity contribution in [3.05, 3.63) is 73.0 Å². The van der Waals surface area contributed by atoms with Crippen molar-refractivity contribution in [3.63, 3.8) is 0 Å². The van der Waals surface area contributed by atoms with Gasteiger partial charge in [0.05, 0.1) is 6.26 Å². The summed E-state index contributed by atoms with van der Waals surface area (Å²) in [6, 6.07) is 23.3. The van der Waals surface area contributed by atoms with Crippen molar-refractivity contribution in [2.75, 3.05) is 0 Å². The monoisotopic (exact) mass is 244 g/mol. The first-order valence-corrected chi connectivity index (χ1v) is 6.37. The molecule has 3 aromatic carbocycles. The van der Waals surface area contributed by atoms with Crippen molar-refractivity contribution in [2.45, 2.75) is 0 Å². The zero-order valence-electron chi connectivity index (χ0n) is 10.3. The van der Waals surface area contributed by atoms with Gasteiger partial charge in [-0.1, -0.05) is 36.4 Å². The average molecular weight is 244 g/mol. The Labute approximate surface area is 111 Å². The maximum absolute atomic E-state index is 5.46. The number of fused-ring (bicyclic) bond motifs is 2. The smallest absolute Gasteiger partial charge is 0.133 e. The van der Waals surface area contributed by atoms with Gasteiger partial charge in [0.15, 0.2) is 0 Å². The highest BCUT2D eigenvalue weighted by molar-refractivity contribution is 5.99. The van der Waals surface area contributed by atoms with Gasteiger partial charge in [0.2, 0.25) is 0 Å². The molecular formula is C18H12O. The van der Waals surface area contributed by atoms with Gasteiger partial charge < -0.3 is 4.42 Å². The van der Waals surface area contributed by atoms with Crippen LogP contribution in [0.15, 0.2) is 77.4 Å². The van der Waals surface area contributed by atoms with Crippen LogP contribution in [0.5, 0.6) is 0 Å². The maximum atomic E-state index is 5.46. The molecule has 0 bridgehead atoms. The summed E-state index contributed by atoms with van der Waals surface area (Å²) in [6.45, 7) is 0. The lowest BCUT2D eigenvalue weighted by Gasteiger charge is -2.04. The SMILES string of the molecule is c1coc(-c2ccc3cc4ccccc4cc3c2)c1. The second-order valence-corrected chi connectivity index (χ2v) is 4.74. The molecule has 0 unspecified atom stereocenters. The van der Waals surface area contributed by atoms with Gasteiger partial charge in [0.25, 0.3) is 0 Å². The summed E-state index contributed by atoms with van der Waals surface area (Å²) in [5, 5.41) is 5.05. The number of benzene rings is 3. The summed E-state index contributed by atoms with van der Waals surface area (Å²) in [5.41, 5.74) is 1.12. The number of hydrogen-bond acceptors (Lipinski definition) is 1. The lowest BCUT2D eigenvalue weighted by molar-refractivity contribution is 0.582. The number of furan rings is 1. The third-order valence-corrected chi connectivity index (χ3v) is 3.51.